The van der Waals surface area contributed by atoms with Crippen LogP contribution in [0.2, 0.25) is 0 Å². The molecule has 0 saturated carbocycles. The van der Waals surface area contributed by atoms with Crippen molar-refractivity contribution >= 4 is 11.9 Å². The van der Waals surface area contributed by atoms with E-state index in [0.29, 0.717) is 6.54 Å². The fourth-order valence-electron chi connectivity index (χ4n) is 4.10. The van der Waals surface area contributed by atoms with Gasteiger partial charge in [0.25, 0.3) is 0 Å². The lowest BCUT2D eigenvalue weighted by Crippen LogP contribution is -2.63. The van der Waals surface area contributed by atoms with Gasteiger partial charge in [-0.2, -0.15) is 0 Å². The van der Waals surface area contributed by atoms with Crippen molar-refractivity contribution in [2.75, 3.05) is 19.6 Å². The first kappa shape index (κ1) is 15.5. The summed E-state index contributed by atoms with van der Waals surface area (Å²) in [6.45, 7) is 5.67. The van der Waals surface area contributed by atoms with Crippen LogP contribution in [0.5, 0.6) is 0 Å². The van der Waals surface area contributed by atoms with Crippen molar-refractivity contribution in [2.45, 2.75) is 38.5 Å². The van der Waals surface area contributed by atoms with Gasteiger partial charge in [-0.15, -0.1) is 0 Å². The van der Waals surface area contributed by atoms with Crippen LogP contribution in [0, 0.1) is 11.8 Å². The highest BCUT2D eigenvalue weighted by Gasteiger charge is 2.59. The highest BCUT2D eigenvalue weighted by Crippen LogP contribution is 2.47. The lowest BCUT2D eigenvalue weighted by Gasteiger charge is -2.46. The predicted octanol–water partition coefficient (Wildman–Crippen LogP) is -0.784. The molecule has 3 aliphatic rings. The van der Waals surface area contributed by atoms with E-state index >= 15 is 0 Å². The zero-order valence-electron chi connectivity index (χ0n) is 12.9. The number of amides is 1. The smallest absolute Gasteiger partial charge is 0.352 e. The first-order valence-corrected chi connectivity index (χ1v) is 7.78. The molecule has 3 aliphatic heterocycles. The number of nitrogens with zero attached hydrogens (tertiary/aromatic N) is 2. The number of aliphatic hydroxyl groups is 1. The number of fused-ring (bicyclic) bond motifs is 1. The van der Waals surface area contributed by atoms with Crippen molar-refractivity contribution in [1.82, 2.24) is 9.80 Å². The monoisotopic (exact) mass is 309 g/mol. The summed E-state index contributed by atoms with van der Waals surface area (Å²) in [6, 6.07) is -0.0978. The molecule has 7 heteroatoms. The molecule has 3 heterocycles. The zero-order valence-corrected chi connectivity index (χ0v) is 12.9. The molecule has 0 aromatic rings. The van der Waals surface area contributed by atoms with E-state index in [-0.39, 0.29) is 29.6 Å². The number of carboxylic acid groups (broad SMARTS) is 1. The van der Waals surface area contributed by atoms with Gasteiger partial charge in [-0.25, -0.2) is 4.79 Å². The van der Waals surface area contributed by atoms with Crippen LogP contribution in [-0.4, -0.2) is 69.7 Å². The summed E-state index contributed by atoms with van der Waals surface area (Å²) in [5.74, 6) is -1.90. The van der Waals surface area contributed by atoms with Gasteiger partial charge in [0, 0.05) is 31.6 Å². The van der Waals surface area contributed by atoms with Crippen molar-refractivity contribution in [2.24, 2.45) is 17.6 Å². The summed E-state index contributed by atoms with van der Waals surface area (Å²) in [4.78, 5) is 27.4. The Bertz CT molecular complexity index is 545. The van der Waals surface area contributed by atoms with E-state index in [1.807, 2.05) is 6.92 Å². The molecule has 5 atom stereocenters. The number of carboxylic acids is 1. The molecule has 2 fully saturated rings. The third-order valence-electron chi connectivity index (χ3n) is 5.22. The summed E-state index contributed by atoms with van der Waals surface area (Å²) >= 11 is 0. The van der Waals surface area contributed by atoms with Crippen LogP contribution in [-0.2, 0) is 9.59 Å². The second-order valence-corrected chi connectivity index (χ2v) is 6.72. The Morgan fingerprint density at radius 1 is 1.50 bits per heavy atom. The fourth-order valence-corrected chi connectivity index (χ4v) is 4.10. The molecule has 0 aliphatic carbocycles. The fraction of sp³-hybridized carbons (Fsp3) is 0.733. The molecular formula is C15H23N3O4. The van der Waals surface area contributed by atoms with Crippen LogP contribution in [0.25, 0.3) is 0 Å². The number of hydrogen-bond donors (Lipinski definition) is 3. The molecule has 0 bridgehead atoms. The van der Waals surface area contributed by atoms with Gasteiger partial charge < -0.3 is 20.8 Å². The molecule has 3 rings (SSSR count). The number of aliphatic hydroxyl groups excluding tert-OH is 1. The molecule has 2 unspecified atom stereocenters. The van der Waals surface area contributed by atoms with Crippen molar-refractivity contribution in [1.29, 1.82) is 0 Å². The maximum Gasteiger partial charge on any atom is 0.352 e. The molecule has 0 radical (unpaired) electrons. The second-order valence-electron chi connectivity index (χ2n) is 6.72. The first-order chi connectivity index (χ1) is 10.3. The number of carbonyl (C=O) groups excluding carboxylic acids is 1. The Hall–Kier alpha value is -1.44. The van der Waals surface area contributed by atoms with E-state index in [2.05, 4.69) is 4.90 Å². The Kier molecular flexibility index (Phi) is 3.74. The average Bonchev–Trinajstić information content (AvgIpc) is 2.92. The Labute approximate surface area is 129 Å². The normalized spacial score (nSPS) is 36.5. The minimum Gasteiger partial charge on any atom is -0.477 e. The summed E-state index contributed by atoms with van der Waals surface area (Å²) in [7, 11) is 0. The maximum absolute atomic E-state index is 12.2. The van der Waals surface area contributed by atoms with Crippen LogP contribution in [0.4, 0.5) is 0 Å². The minimum absolute atomic E-state index is 0.0553. The van der Waals surface area contributed by atoms with E-state index in [4.69, 9.17) is 5.73 Å². The first-order valence-electron chi connectivity index (χ1n) is 7.78. The van der Waals surface area contributed by atoms with E-state index in [9.17, 15) is 19.8 Å². The van der Waals surface area contributed by atoms with E-state index in [1.54, 1.807) is 6.92 Å². The number of rotatable bonds is 4. The van der Waals surface area contributed by atoms with Gasteiger partial charge in [-0.05, 0) is 18.9 Å². The Morgan fingerprint density at radius 2 is 2.18 bits per heavy atom. The maximum atomic E-state index is 12.2. The van der Waals surface area contributed by atoms with E-state index in [1.165, 1.54) is 4.90 Å². The van der Waals surface area contributed by atoms with E-state index in [0.717, 1.165) is 25.1 Å². The lowest BCUT2D eigenvalue weighted by molar-refractivity contribution is -0.163. The predicted molar refractivity (Wildman–Crippen MR) is 78.7 cm³/mol. The van der Waals surface area contributed by atoms with Gasteiger partial charge >= 0.3 is 5.97 Å². The third-order valence-corrected chi connectivity index (χ3v) is 5.22. The van der Waals surface area contributed by atoms with Crippen LogP contribution in [0.3, 0.4) is 0 Å². The SMILES string of the molecule is C[C@@H](O)C1C(=O)N2C(C(=O)O)=C(CN3CC[C@@H](N)C3)[C@H](C)C12. The second kappa shape index (κ2) is 5.33. The van der Waals surface area contributed by atoms with Crippen molar-refractivity contribution < 1.29 is 19.8 Å². The third kappa shape index (κ3) is 2.15. The number of likely N-dealkylation sites (tertiary alicyclic amines) is 1. The number of aliphatic carboxylic acids is 1. The van der Waals surface area contributed by atoms with Gasteiger partial charge in [-0.3, -0.25) is 9.69 Å². The summed E-state index contributed by atoms with van der Waals surface area (Å²) in [5.41, 5.74) is 6.80. The highest BCUT2D eigenvalue weighted by atomic mass is 16.4. The molecule has 22 heavy (non-hydrogen) atoms. The molecule has 122 valence electrons. The quantitative estimate of drug-likeness (QED) is 0.588. The van der Waals surface area contributed by atoms with Gasteiger partial charge in [0.2, 0.25) is 5.91 Å². The minimum atomic E-state index is -1.06. The van der Waals surface area contributed by atoms with Gasteiger partial charge in [0.15, 0.2) is 0 Å². The standard InChI is InChI=1S/C15H23N3O4/c1-7-10(6-17-4-3-9(16)5-17)13(15(21)22)18-12(7)11(8(2)19)14(18)20/h7-9,11-12,19H,3-6,16H2,1-2H3,(H,21,22)/t7-,8+,9+,11?,12?/m0/s1. The Morgan fingerprint density at radius 3 is 2.68 bits per heavy atom. The average molecular weight is 309 g/mol. The molecular weight excluding hydrogens is 286 g/mol. The molecule has 4 N–H and O–H groups in total. The zero-order chi connectivity index (χ0) is 16.2. The topological polar surface area (TPSA) is 107 Å². The molecule has 2 saturated heterocycles. The molecule has 0 aromatic heterocycles. The van der Waals surface area contributed by atoms with Crippen molar-refractivity contribution in [3.8, 4) is 0 Å². The van der Waals surface area contributed by atoms with Crippen molar-refractivity contribution in [3.63, 3.8) is 0 Å². The largest absolute Gasteiger partial charge is 0.477 e. The number of hydrogen-bond acceptors (Lipinski definition) is 5. The van der Waals surface area contributed by atoms with Crippen LogP contribution in [0.1, 0.15) is 20.3 Å². The molecule has 1 amide bonds. The van der Waals surface area contributed by atoms with Crippen LogP contribution in [0.15, 0.2) is 11.3 Å². The van der Waals surface area contributed by atoms with Gasteiger partial charge in [0.05, 0.1) is 18.1 Å². The molecule has 0 spiro atoms. The highest BCUT2D eigenvalue weighted by molar-refractivity contribution is 6.00. The van der Waals surface area contributed by atoms with Crippen LogP contribution >= 0.6 is 0 Å². The van der Waals surface area contributed by atoms with Crippen LogP contribution < -0.4 is 5.73 Å². The lowest BCUT2D eigenvalue weighted by atomic mass is 9.77. The number of nitrogens with two attached hydrogens (primary N) is 1. The summed E-state index contributed by atoms with van der Waals surface area (Å²) in [5, 5.41) is 19.3. The van der Waals surface area contributed by atoms with Gasteiger partial charge in [0.1, 0.15) is 5.70 Å². The summed E-state index contributed by atoms with van der Waals surface area (Å²) < 4.78 is 0. The summed E-state index contributed by atoms with van der Waals surface area (Å²) in [6.07, 6.45) is 0.151. The molecule has 0 aromatic carbocycles. The van der Waals surface area contributed by atoms with E-state index < -0.39 is 18.0 Å². The van der Waals surface area contributed by atoms with Crippen molar-refractivity contribution in [3.05, 3.63) is 11.3 Å². The number of β-lactam (4-membered cyclic amide) rings is 1. The Balaban J connectivity index is 1.87. The molecule has 7 nitrogen and oxygen atoms in total. The van der Waals surface area contributed by atoms with Gasteiger partial charge in [-0.1, -0.05) is 6.92 Å². The number of carbonyl (C=O) groups is 2.